The highest BCUT2D eigenvalue weighted by Gasteiger charge is 2.23. The van der Waals surface area contributed by atoms with Gasteiger partial charge in [-0.25, -0.2) is 4.98 Å². The lowest BCUT2D eigenvalue weighted by atomic mass is 9.92. The van der Waals surface area contributed by atoms with E-state index in [-0.39, 0.29) is 0 Å². The molecular weight excluding hydrogens is 577 g/mol. The van der Waals surface area contributed by atoms with E-state index in [0.717, 1.165) is 16.9 Å². The molecule has 2 aromatic heterocycles. The summed E-state index contributed by atoms with van der Waals surface area (Å²) in [7, 11) is 0. The Labute approximate surface area is 274 Å². The molecule has 0 unspecified atom stereocenters. The molecule has 2 heterocycles. The maximum absolute atomic E-state index is 5.35. The highest BCUT2D eigenvalue weighted by molar-refractivity contribution is 7.26. The van der Waals surface area contributed by atoms with Gasteiger partial charge in [0.1, 0.15) is 5.82 Å². The van der Waals surface area contributed by atoms with Gasteiger partial charge in [-0.2, -0.15) is 0 Å². The van der Waals surface area contributed by atoms with Crippen molar-refractivity contribution in [3.05, 3.63) is 145 Å². The number of para-hydroxylation sites is 3. The highest BCUT2D eigenvalue weighted by Crippen LogP contribution is 2.44. The Hall–Kier alpha value is -4.99. The summed E-state index contributed by atoms with van der Waals surface area (Å²) in [5.41, 5.74) is 12.2. The minimum absolute atomic E-state index is 0.378. The molecule has 3 heteroatoms. The Kier molecular flexibility index (Phi) is 7.07. The highest BCUT2D eigenvalue weighted by atomic mass is 32.1. The molecule has 46 heavy (non-hydrogen) atoms. The zero-order valence-electron chi connectivity index (χ0n) is 26.7. The molecule has 6 aromatic carbocycles. The van der Waals surface area contributed by atoms with E-state index < -0.39 is 0 Å². The van der Waals surface area contributed by atoms with Crippen molar-refractivity contribution >= 4 is 42.5 Å². The fourth-order valence-electron chi connectivity index (χ4n) is 6.84. The topological polar surface area (TPSA) is 17.8 Å². The molecule has 0 atom stereocenters. The summed E-state index contributed by atoms with van der Waals surface area (Å²) in [5, 5.41) is 2.57. The van der Waals surface area contributed by atoms with Crippen LogP contribution in [-0.4, -0.2) is 9.55 Å². The van der Waals surface area contributed by atoms with Gasteiger partial charge >= 0.3 is 0 Å². The Morgan fingerprint density at radius 1 is 0.543 bits per heavy atom. The minimum atomic E-state index is 0.378. The third-order valence-corrected chi connectivity index (χ3v) is 10.4. The first kappa shape index (κ1) is 28.5. The lowest BCUT2D eigenvalue weighted by Gasteiger charge is -2.22. The molecule has 0 N–H and O–H groups in total. The van der Waals surface area contributed by atoms with Crippen LogP contribution in [0.1, 0.15) is 50.7 Å². The first-order chi connectivity index (χ1) is 22.5. The molecule has 2 nitrogen and oxygen atoms in total. The summed E-state index contributed by atoms with van der Waals surface area (Å²) in [5.74, 6) is 1.76. The molecule has 0 spiro atoms. The zero-order valence-corrected chi connectivity index (χ0v) is 27.5. The second-order valence-corrected chi connectivity index (χ2v) is 13.8. The third kappa shape index (κ3) is 4.74. The maximum Gasteiger partial charge on any atom is 0.147 e. The lowest BCUT2D eigenvalue weighted by molar-refractivity contribution is 0.811. The van der Waals surface area contributed by atoms with E-state index in [1.165, 1.54) is 64.8 Å². The van der Waals surface area contributed by atoms with E-state index >= 15 is 0 Å². The number of thiophene rings is 1. The molecule has 0 aliphatic carbocycles. The molecule has 0 amide bonds. The maximum atomic E-state index is 5.35. The van der Waals surface area contributed by atoms with E-state index in [4.69, 9.17) is 4.98 Å². The van der Waals surface area contributed by atoms with E-state index in [9.17, 15) is 0 Å². The molecule has 0 radical (unpaired) electrons. The van der Waals surface area contributed by atoms with Crippen molar-refractivity contribution in [1.29, 1.82) is 0 Å². The summed E-state index contributed by atoms with van der Waals surface area (Å²) in [6.07, 6.45) is 0. The minimum Gasteiger partial charge on any atom is -0.292 e. The Bertz CT molecular complexity index is 2330. The quantitative estimate of drug-likeness (QED) is 0.183. The van der Waals surface area contributed by atoms with E-state index in [0.29, 0.717) is 11.8 Å². The lowest BCUT2D eigenvalue weighted by Crippen LogP contribution is -2.08. The van der Waals surface area contributed by atoms with Crippen LogP contribution in [0, 0.1) is 0 Å². The number of aromatic nitrogens is 2. The first-order valence-corrected chi connectivity index (χ1v) is 17.0. The molecule has 0 fully saturated rings. The number of rotatable bonds is 6. The number of hydrogen-bond acceptors (Lipinski definition) is 2. The normalized spacial score (nSPS) is 11.9. The summed E-state index contributed by atoms with van der Waals surface area (Å²) in [4.78, 5) is 5.35. The molecular formula is C43H36N2S. The number of benzene rings is 6. The van der Waals surface area contributed by atoms with Crippen LogP contribution in [0.15, 0.2) is 133 Å². The number of fused-ring (bicyclic) bond motifs is 4. The van der Waals surface area contributed by atoms with Gasteiger partial charge in [-0.15, -0.1) is 11.3 Å². The Balaban J connectivity index is 1.32. The van der Waals surface area contributed by atoms with Gasteiger partial charge in [0.2, 0.25) is 0 Å². The molecule has 0 saturated carbocycles. The van der Waals surface area contributed by atoms with Crippen molar-refractivity contribution in [2.24, 2.45) is 0 Å². The fourth-order valence-corrected chi connectivity index (χ4v) is 8.03. The summed E-state index contributed by atoms with van der Waals surface area (Å²) in [6, 6.07) is 48.5. The van der Waals surface area contributed by atoms with Crippen LogP contribution >= 0.6 is 11.3 Å². The van der Waals surface area contributed by atoms with Gasteiger partial charge in [-0.3, -0.25) is 4.57 Å². The Morgan fingerprint density at radius 3 is 1.87 bits per heavy atom. The zero-order chi connectivity index (χ0) is 31.4. The fraction of sp³-hybridized carbons (Fsp3) is 0.140. The molecule has 0 aliphatic heterocycles. The predicted octanol–water partition coefficient (Wildman–Crippen LogP) is 12.6. The number of nitrogens with zero attached hydrogens (tertiary/aromatic N) is 2. The van der Waals surface area contributed by atoms with Crippen molar-refractivity contribution < 1.29 is 0 Å². The van der Waals surface area contributed by atoms with Gasteiger partial charge in [-0.05, 0) is 75.5 Å². The van der Waals surface area contributed by atoms with Gasteiger partial charge in [0.25, 0.3) is 0 Å². The van der Waals surface area contributed by atoms with Gasteiger partial charge in [0.05, 0.1) is 16.7 Å². The average Bonchev–Trinajstić information content (AvgIpc) is 3.66. The van der Waals surface area contributed by atoms with Gasteiger partial charge in [0, 0.05) is 25.7 Å². The monoisotopic (exact) mass is 612 g/mol. The molecule has 0 aliphatic rings. The van der Waals surface area contributed by atoms with Crippen molar-refractivity contribution in [2.75, 3.05) is 0 Å². The van der Waals surface area contributed by atoms with Crippen LogP contribution in [0.3, 0.4) is 0 Å². The second-order valence-electron chi connectivity index (χ2n) is 12.8. The summed E-state index contributed by atoms with van der Waals surface area (Å²) < 4.78 is 5.01. The van der Waals surface area contributed by atoms with Crippen molar-refractivity contribution in [1.82, 2.24) is 9.55 Å². The van der Waals surface area contributed by atoms with Gasteiger partial charge in [-0.1, -0.05) is 131 Å². The molecule has 8 rings (SSSR count). The van der Waals surface area contributed by atoms with Crippen LogP contribution < -0.4 is 0 Å². The summed E-state index contributed by atoms with van der Waals surface area (Å²) in [6.45, 7) is 9.17. The van der Waals surface area contributed by atoms with Crippen molar-refractivity contribution in [3.8, 4) is 39.3 Å². The van der Waals surface area contributed by atoms with Crippen LogP contribution in [0.2, 0.25) is 0 Å². The SMILES string of the molecule is CC(C)c1cccc(C(C)C)c1-n1c(-c2cccc3c2sc2ccc(-c4ccc(-c5ccccc5)cc4)cc23)nc2ccccc21. The number of imidazole rings is 1. The smallest absolute Gasteiger partial charge is 0.147 e. The first-order valence-electron chi connectivity index (χ1n) is 16.2. The van der Waals surface area contributed by atoms with Crippen LogP contribution in [0.25, 0.3) is 70.5 Å². The van der Waals surface area contributed by atoms with Crippen LogP contribution in [0.4, 0.5) is 0 Å². The van der Waals surface area contributed by atoms with Gasteiger partial charge in [0.15, 0.2) is 0 Å². The second kappa shape index (κ2) is 11.4. The Morgan fingerprint density at radius 2 is 1.15 bits per heavy atom. The number of hydrogen-bond donors (Lipinski definition) is 0. The van der Waals surface area contributed by atoms with Gasteiger partial charge < -0.3 is 0 Å². The summed E-state index contributed by atoms with van der Waals surface area (Å²) >= 11 is 1.87. The van der Waals surface area contributed by atoms with Crippen LogP contribution in [0.5, 0.6) is 0 Å². The van der Waals surface area contributed by atoms with E-state index in [2.05, 4.69) is 166 Å². The van der Waals surface area contributed by atoms with Crippen molar-refractivity contribution in [2.45, 2.75) is 39.5 Å². The predicted molar refractivity (Wildman–Crippen MR) is 198 cm³/mol. The standard InChI is InChI=1S/C43H36N2S/c1-27(2)33-14-10-15-34(28(3)4)41(33)45-39-19-9-8-18-38(39)44-43(45)36-17-11-16-35-37-26-32(24-25-40(37)46-42(35)36)31-22-20-30(21-23-31)29-12-6-5-7-13-29/h5-28H,1-4H3. The molecule has 0 bridgehead atoms. The molecule has 8 aromatic rings. The molecule has 0 saturated heterocycles. The van der Waals surface area contributed by atoms with E-state index in [1.54, 1.807) is 0 Å². The van der Waals surface area contributed by atoms with E-state index in [1.807, 2.05) is 11.3 Å². The average molecular weight is 613 g/mol. The largest absolute Gasteiger partial charge is 0.292 e. The van der Waals surface area contributed by atoms with Crippen LogP contribution in [-0.2, 0) is 0 Å². The van der Waals surface area contributed by atoms with Crippen molar-refractivity contribution in [3.63, 3.8) is 0 Å². The molecule has 224 valence electrons. The third-order valence-electron chi connectivity index (χ3n) is 9.19.